The van der Waals surface area contributed by atoms with E-state index in [1.165, 1.54) is 51.4 Å². The molecular weight excluding hydrogens is 642 g/mol. The van der Waals surface area contributed by atoms with Gasteiger partial charge in [0.25, 0.3) is 0 Å². The number of carbonyl (C=O) groups excluding carboxylic acids is 3. The van der Waals surface area contributed by atoms with Crippen molar-refractivity contribution in [3.05, 3.63) is 36.5 Å². The first-order valence-electron chi connectivity index (χ1n) is 20.7. The summed E-state index contributed by atoms with van der Waals surface area (Å²) >= 11 is 0. The van der Waals surface area contributed by atoms with E-state index in [1.54, 1.807) is 0 Å². The lowest BCUT2D eigenvalue weighted by molar-refractivity contribution is -0.151. The topological polar surface area (TPSA) is 91.4 Å². The van der Waals surface area contributed by atoms with Crippen LogP contribution in [-0.2, 0) is 28.5 Å². The quantitative estimate of drug-likeness (QED) is 0.0379. The summed E-state index contributed by atoms with van der Waals surface area (Å²) in [4.78, 5) is 40.2. The number of unbranched alkanes of at least 4 members (excludes halogenated alkanes) is 5. The monoisotopic (exact) mass is 712 g/mol. The minimum Gasteiger partial charge on any atom is -0.465 e. The molecule has 0 spiro atoms. The predicted molar refractivity (Wildman–Crippen MR) is 202 cm³/mol. The first kappa shape index (κ1) is 41.2. The van der Waals surface area contributed by atoms with Crippen molar-refractivity contribution in [1.82, 2.24) is 4.90 Å². The zero-order valence-electron chi connectivity index (χ0n) is 31.9. The molecule has 288 valence electrons. The molecule has 0 radical (unpaired) electrons. The van der Waals surface area contributed by atoms with E-state index in [0.29, 0.717) is 24.9 Å². The second-order valence-corrected chi connectivity index (χ2v) is 16.1. The zero-order valence-corrected chi connectivity index (χ0v) is 31.9. The molecule has 0 amide bonds. The molecule has 0 aromatic rings. The molecule has 1 saturated heterocycles. The highest BCUT2D eigenvalue weighted by atomic mass is 16.7. The zero-order chi connectivity index (χ0) is 36.0. The van der Waals surface area contributed by atoms with Crippen molar-refractivity contribution in [2.45, 2.75) is 142 Å². The lowest BCUT2D eigenvalue weighted by Crippen LogP contribution is -2.46. The third-order valence-electron chi connectivity index (χ3n) is 11.5. The summed E-state index contributed by atoms with van der Waals surface area (Å²) in [6, 6.07) is 0. The summed E-state index contributed by atoms with van der Waals surface area (Å²) in [7, 11) is 0. The molecule has 5 aliphatic rings. The van der Waals surface area contributed by atoms with Gasteiger partial charge in [0, 0.05) is 19.4 Å². The van der Waals surface area contributed by atoms with Crippen molar-refractivity contribution in [3.8, 4) is 0 Å². The normalized spacial score (nSPS) is 24.9. The molecule has 1 heterocycles. The maximum Gasteiger partial charge on any atom is 0.508 e. The van der Waals surface area contributed by atoms with Gasteiger partial charge in [-0.15, -0.1) is 0 Å². The molecule has 4 saturated carbocycles. The maximum atomic E-state index is 12.9. The van der Waals surface area contributed by atoms with Crippen LogP contribution < -0.4 is 0 Å². The highest BCUT2D eigenvalue weighted by Gasteiger charge is 2.50. The van der Waals surface area contributed by atoms with Crippen LogP contribution >= 0.6 is 0 Å². The Morgan fingerprint density at radius 3 is 1.90 bits per heavy atom. The van der Waals surface area contributed by atoms with Gasteiger partial charge in [0.15, 0.2) is 0 Å². The highest BCUT2D eigenvalue weighted by Crippen LogP contribution is 2.61. The van der Waals surface area contributed by atoms with E-state index in [2.05, 4.69) is 48.3 Å². The Morgan fingerprint density at radius 2 is 1.24 bits per heavy atom. The molecule has 8 nitrogen and oxygen atoms in total. The van der Waals surface area contributed by atoms with Gasteiger partial charge >= 0.3 is 18.1 Å². The average molecular weight is 712 g/mol. The standard InChI is InChI=1S/C43H69NO7/c1-2-3-4-5-6-7-8-9-10-11-12-13-14-15-16-20-40(45)49-33-39(35-51-42(47)48-26-19-25-44-23-17-18-24-44)34-50-41(46)21-22-43-30-36-27-37(31-43)29-38(28-36)32-43/h3-4,6-7,9-10,36-39H,2,5,8,11-35H2,1H3/b4-3-,7-6-,10-9-/t36-,37+,38-,39?,43?. The Hall–Kier alpha value is -2.61. The Labute approximate surface area is 309 Å². The van der Waals surface area contributed by atoms with E-state index in [9.17, 15) is 14.4 Å². The number of rotatable bonds is 26. The van der Waals surface area contributed by atoms with E-state index in [4.69, 9.17) is 18.9 Å². The SMILES string of the molecule is CC/C=C\C/C=C\C/C=C\CCCCCCCC(=O)OCC(COC(=O)CCC12C[C@H]3C[C@@H](C1)C[C@@H](C2)C3)COC(=O)OCCCN1CCCC1. The van der Waals surface area contributed by atoms with Crippen molar-refractivity contribution in [2.75, 3.05) is 46.1 Å². The molecule has 0 aromatic heterocycles. The van der Waals surface area contributed by atoms with E-state index < -0.39 is 12.1 Å². The van der Waals surface area contributed by atoms with Crippen LogP contribution in [0.5, 0.6) is 0 Å². The third kappa shape index (κ3) is 16.7. The maximum absolute atomic E-state index is 12.9. The van der Waals surface area contributed by atoms with E-state index in [1.807, 2.05) is 0 Å². The van der Waals surface area contributed by atoms with E-state index in [-0.39, 0.29) is 31.8 Å². The van der Waals surface area contributed by atoms with Gasteiger partial charge in [-0.05, 0) is 139 Å². The predicted octanol–water partition coefficient (Wildman–Crippen LogP) is 9.91. The molecular formula is C43H69NO7. The fraction of sp³-hybridized carbons (Fsp3) is 0.791. The fourth-order valence-electron chi connectivity index (χ4n) is 9.24. The fourth-order valence-corrected chi connectivity index (χ4v) is 9.24. The van der Waals surface area contributed by atoms with Gasteiger partial charge in [-0.1, -0.05) is 62.6 Å². The van der Waals surface area contributed by atoms with Gasteiger partial charge in [-0.3, -0.25) is 9.59 Å². The van der Waals surface area contributed by atoms with Crippen molar-refractivity contribution in [2.24, 2.45) is 29.1 Å². The second kappa shape index (κ2) is 23.9. The minimum atomic E-state index is -0.733. The van der Waals surface area contributed by atoms with Crippen LogP contribution in [0, 0.1) is 29.1 Å². The van der Waals surface area contributed by atoms with Gasteiger partial charge in [0.05, 0.1) is 12.5 Å². The van der Waals surface area contributed by atoms with Crippen LogP contribution in [0.25, 0.3) is 0 Å². The van der Waals surface area contributed by atoms with Crippen LogP contribution in [0.3, 0.4) is 0 Å². The third-order valence-corrected chi connectivity index (χ3v) is 11.5. The number of hydrogen-bond acceptors (Lipinski definition) is 8. The Kier molecular flexibility index (Phi) is 19.2. The summed E-state index contributed by atoms with van der Waals surface area (Å²) in [5.74, 6) is 1.65. The summed E-state index contributed by atoms with van der Waals surface area (Å²) in [6.45, 7) is 5.66. The van der Waals surface area contributed by atoms with E-state index in [0.717, 1.165) is 108 Å². The highest BCUT2D eigenvalue weighted by molar-refractivity contribution is 5.70. The molecule has 8 heteroatoms. The van der Waals surface area contributed by atoms with Crippen LogP contribution in [0.4, 0.5) is 4.79 Å². The Bertz CT molecular complexity index is 1070. The summed E-state index contributed by atoms with van der Waals surface area (Å²) in [6.07, 6.45) is 34.8. The number of esters is 2. The lowest BCUT2D eigenvalue weighted by atomic mass is 9.48. The van der Waals surface area contributed by atoms with Crippen LogP contribution in [-0.4, -0.2) is 69.1 Å². The van der Waals surface area contributed by atoms with Gasteiger partial charge in [0.1, 0.15) is 19.8 Å². The molecule has 0 aromatic carbocycles. The number of ether oxygens (including phenoxy) is 4. The van der Waals surface area contributed by atoms with Crippen molar-refractivity contribution < 1.29 is 33.3 Å². The second-order valence-electron chi connectivity index (χ2n) is 16.1. The first-order chi connectivity index (χ1) is 24.9. The van der Waals surface area contributed by atoms with Crippen LogP contribution in [0.15, 0.2) is 36.5 Å². The van der Waals surface area contributed by atoms with Gasteiger partial charge in [-0.2, -0.15) is 0 Å². The van der Waals surface area contributed by atoms with Crippen molar-refractivity contribution in [3.63, 3.8) is 0 Å². The smallest absolute Gasteiger partial charge is 0.465 e. The average Bonchev–Trinajstić information content (AvgIpc) is 3.64. The number of nitrogens with zero attached hydrogens (tertiary/aromatic N) is 1. The largest absolute Gasteiger partial charge is 0.508 e. The summed E-state index contributed by atoms with van der Waals surface area (Å²) < 4.78 is 22.0. The summed E-state index contributed by atoms with van der Waals surface area (Å²) in [5.41, 5.74) is 0.324. The molecule has 0 N–H and O–H groups in total. The molecule has 5 rings (SSSR count). The molecule has 4 bridgehead atoms. The Balaban J connectivity index is 1.08. The number of carbonyl (C=O) groups is 3. The molecule has 4 aliphatic carbocycles. The van der Waals surface area contributed by atoms with Gasteiger partial charge in [-0.25, -0.2) is 4.79 Å². The molecule has 5 fully saturated rings. The molecule has 51 heavy (non-hydrogen) atoms. The van der Waals surface area contributed by atoms with Crippen molar-refractivity contribution >= 4 is 18.1 Å². The lowest BCUT2D eigenvalue weighted by Gasteiger charge is -2.57. The molecule has 1 unspecified atom stereocenters. The van der Waals surface area contributed by atoms with Gasteiger partial charge < -0.3 is 23.8 Å². The molecule has 1 atom stereocenters. The minimum absolute atomic E-state index is 0.0263. The van der Waals surface area contributed by atoms with E-state index >= 15 is 0 Å². The number of hydrogen-bond donors (Lipinski definition) is 0. The molecule has 1 aliphatic heterocycles. The van der Waals surface area contributed by atoms with Crippen molar-refractivity contribution in [1.29, 1.82) is 0 Å². The Morgan fingerprint density at radius 1 is 0.667 bits per heavy atom. The summed E-state index contributed by atoms with van der Waals surface area (Å²) in [5, 5.41) is 0. The van der Waals surface area contributed by atoms with Crippen LogP contribution in [0.1, 0.15) is 142 Å². The van der Waals surface area contributed by atoms with Crippen LogP contribution in [0.2, 0.25) is 0 Å². The first-order valence-corrected chi connectivity index (χ1v) is 20.7. The number of allylic oxidation sites excluding steroid dienone is 6. The number of likely N-dealkylation sites (tertiary alicyclic amines) is 1. The van der Waals surface area contributed by atoms with Gasteiger partial charge in [0.2, 0.25) is 0 Å².